The van der Waals surface area contributed by atoms with Crippen LogP contribution in [0.3, 0.4) is 0 Å². The first kappa shape index (κ1) is 15.9. The van der Waals surface area contributed by atoms with E-state index in [0.717, 1.165) is 0 Å². The lowest BCUT2D eigenvalue weighted by molar-refractivity contribution is -0.128. The van der Waals surface area contributed by atoms with E-state index in [9.17, 15) is 14.0 Å². The maximum absolute atomic E-state index is 13.6. The number of carbonyl (C=O) groups is 2. The van der Waals surface area contributed by atoms with Crippen molar-refractivity contribution < 1.29 is 14.0 Å². The summed E-state index contributed by atoms with van der Waals surface area (Å²) >= 11 is 0. The Kier molecular flexibility index (Phi) is 5.07. The molecule has 0 spiro atoms. The van der Waals surface area contributed by atoms with Crippen molar-refractivity contribution in [2.24, 2.45) is 5.41 Å². The van der Waals surface area contributed by atoms with Gasteiger partial charge >= 0.3 is 0 Å². The molecule has 0 aromatic heterocycles. The van der Waals surface area contributed by atoms with Crippen LogP contribution in [0.4, 0.5) is 10.1 Å². The molecule has 0 aliphatic carbocycles. The highest BCUT2D eigenvalue weighted by Gasteiger charge is 2.27. The van der Waals surface area contributed by atoms with Gasteiger partial charge in [-0.3, -0.25) is 9.59 Å². The Bertz CT molecular complexity index is 515. The highest BCUT2D eigenvalue weighted by Crippen LogP contribution is 2.20. The molecule has 0 fully saturated rings. The zero-order valence-electron chi connectivity index (χ0n) is 12.1. The molecule has 1 aromatic rings. The van der Waals surface area contributed by atoms with Gasteiger partial charge in [0, 0.05) is 20.6 Å². The second-order valence-corrected chi connectivity index (χ2v) is 5.06. The number of carbonyl (C=O) groups excluding carboxylic acids is 2. The fraction of sp³-hybridized carbons (Fsp3) is 0.429. The van der Waals surface area contributed by atoms with Crippen LogP contribution >= 0.6 is 0 Å². The summed E-state index contributed by atoms with van der Waals surface area (Å²) in [6.45, 7) is 3.60. The van der Waals surface area contributed by atoms with Crippen molar-refractivity contribution in [3.05, 3.63) is 29.6 Å². The Morgan fingerprint density at radius 3 is 2.45 bits per heavy atom. The molecule has 0 unspecified atom stereocenters. The van der Waals surface area contributed by atoms with E-state index >= 15 is 0 Å². The molecular weight excluding hydrogens is 261 g/mol. The van der Waals surface area contributed by atoms with Crippen molar-refractivity contribution >= 4 is 17.5 Å². The molecule has 0 aliphatic rings. The van der Waals surface area contributed by atoms with E-state index in [1.54, 1.807) is 20.9 Å². The summed E-state index contributed by atoms with van der Waals surface area (Å²) in [7, 11) is 3.08. The van der Waals surface area contributed by atoms with Crippen LogP contribution in [0.2, 0.25) is 0 Å². The normalized spacial score (nSPS) is 10.8. The van der Waals surface area contributed by atoms with Crippen molar-refractivity contribution in [3.63, 3.8) is 0 Å². The molecule has 0 saturated carbocycles. The van der Waals surface area contributed by atoms with Gasteiger partial charge < -0.3 is 16.0 Å². The van der Waals surface area contributed by atoms with Gasteiger partial charge in [0.15, 0.2) is 0 Å². The maximum atomic E-state index is 13.6. The molecule has 2 amide bonds. The highest BCUT2D eigenvalue weighted by atomic mass is 19.1. The van der Waals surface area contributed by atoms with Gasteiger partial charge in [-0.2, -0.15) is 0 Å². The third-order valence-corrected chi connectivity index (χ3v) is 3.04. The van der Waals surface area contributed by atoms with Gasteiger partial charge in [0.2, 0.25) is 5.91 Å². The predicted octanol–water partition coefficient (Wildman–Crippen LogP) is 1.37. The molecule has 5 nitrogen and oxygen atoms in total. The Morgan fingerprint density at radius 2 is 1.90 bits per heavy atom. The van der Waals surface area contributed by atoms with E-state index in [1.807, 2.05) is 0 Å². The van der Waals surface area contributed by atoms with Gasteiger partial charge in [0.1, 0.15) is 5.82 Å². The number of amides is 2. The first-order valence-corrected chi connectivity index (χ1v) is 6.30. The van der Waals surface area contributed by atoms with Crippen molar-refractivity contribution in [3.8, 4) is 0 Å². The lowest BCUT2D eigenvalue weighted by atomic mass is 9.92. The van der Waals surface area contributed by atoms with Crippen molar-refractivity contribution in [2.75, 3.05) is 26.0 Å². The predicted molar refractivity (Wildman–Crippen MR) is 76.1 cm³/mol. The summed E-state index contributed by atoms with van der Waals surface area (Å²) in [5.41, 5.74) is -0.389. The van der Waals surface area contributed by atoms with Crippen molar-refractivity contribution in [2.45, 2.75) is 13.8 Å². The molecule has 110 valence electrons. The molecule has 3 N–H and O–H groups in total. The standard InChI is InChI=1S/C14H20FN3O2/c1-14(2,13(20)17-4)8-18-12(19)9-6-5-7-10(15)11(9)16-3/h5-7,16H,8H2,1-4H3,(H,17,20)(H,18,19). The number of rotatable bonds is 5. The molecule has 0 bridgehead atoms. The quantitative estimate of drug-likeness (QED) is 0.763. The number of hydrogen-bond donors (Lipinski definition) is 3. The zero-order chi connectivity index (χ0) is 15.3. The van der Waals surface area contributed by atoms with Crippen molar-refractivity contribution in [1.82, 2.24) is 10.6 Å². The average molecular weight is 281 g/mol. The van der Waals surface area contributed by atoms with Gasteiger partial charge in [0.05, 0.1) is 16.7 Å². The highest BCUT2D eigenvalue weighted by molar-refractivity contribution is 6.00. The summed E-state index contributed by atoms with van der Waals surface area (Å²) in [6, 6.07) is 4.27. The molecule has 6 heteroatoms. The van der Waals surface area contributed by atoms with E-state index < -0.39 is 17.1 Å². The third-order valence-electron chi connectivity index (χ3n) is 3.04. The maximum Gasteiger partial charge on any atom is 0.253 e. The summed E-state index contributed by atoms with van der Waals surface area (Å²) in [4.78, 5) is 23.7. The molecule has 1 rings (SSSR count). The van der Waals surface area contributed by atoms with Gasteiger partial charge in [-0.05, 0) is 26.0 Å². The fourth-order valence-electron chi connectivity index (χ4n) is 1.78. The summed E-state index contributed by atoms with van der Waals surface area (Å²) < 4.78 is 13.6. The topological polar surface area (TPSA) is 70.2 Å². The molecule has 0 heterocycles. The Morgan fingerprint density at radius 1 is 1.25 bits per heavy atom. The first-order chi connectivity index (χ1) is 9.33. The van der Waals surface area contributed by atoms with Crippen LogP contribution in [0.25, 0.3) is 0 Å². The molecule has 0 aliphatic heterocycles. The van der Waals surface area contributed by atoms with Crippen LogP contribution in [-0.2, 0) is 4.79 Å². The van der Waals surface area contributed by atoms with Crippen LogP contribution in [-0.4, -0.2) is 32.5 Å². The lowest BCUT2D eigenvalue weighted by Gasteiger charge is -2.23. The summed E-state index contributed by atoms with van der Waals surface area (Å²) in [5, 5.41) is 7.85. The largest absolute Gasteiger partial charge is 0.385 e. The minimum atomic E-state index is -0.739. The van der Waals surface area contributed by atoms with Crippen LogP contribution in [0, 0.1) is 11.2 Å². The molecular formula is C14H20FN3O2. The second-order valence-electron chi connectivity index (χ2n) is 5.06. The van der Waals surface area contributed by atoms with E-state index in [1.165, 1.54) is 25.2 Å². The summed E-state index contributed by atoms with van der Waals surface area (Å²) in [6.07, 6.45) is 0. The smallest absolute Gasteiger partial charge is 0.253 e. The van der Waals surface area contributed by atoms with Crippen LogP contribution in [0.1, 0.15) is 24.2 Å². The zero-order valence-corrected chi connectivity index (χ0v) is 12.1. The van der Waals surface area contributed by atoms with Crippen LogP contribution < -0.4 is 16.0 Å². The van der Waals surface area contributed by atoms with Gasteiger partial charge in [0.25, 0.3) is 5.91 Å². The van der Waals surface area contributed by atoms with E-state index in [-0.39, 0.29) is 23.7 Å². The number of halogens is 1. The van der Waals surface area contributed by atoms with E-state index in [0.29, 0.717) is 0 Å². The Labute approximate surface area is 117 Å². The SMILES string of the molecule is CNC(=O)C(C)(C)CNC(=O)c1cccc(F)c1NC. The molecule has 0 atom stereocenters. The van der Waals surface area contributed by atoms with Crippen LogP contribution in [0.5, 0.6) is 0 Å². The number of benzene rings is 1. The van der Waals surface area contributed by atoms with E-state index in [2.05, 4.69) is 16.0 Å². The second kappa shape index (κ2) is 6.36. The van der Waals surface area contributed by atoms with Gasteiger partial charge in [-0.1, -0.05) is 6.07 Å². The number of para-hydroxylation sites is 1. The minimum absolute atomic E-state index is 0.141. The fourth-order valence-corrected chi connectivity index (χ4v) is 1.78. The third kappa shape index (κ3) is 3.46. The van der Waals surface area contributed by atoms with Crippen molar-refractivity contribution in [1.29, 1.82) is 0 Å². The van der Waals surface area contributed by atoms with Crippen LogP contribution in [0.15, 0.2) is 18.2 Å². The Balaban J connectivity index is 2.83. The summed E-state index contributed by atoms with van der Waals surface area (Å²) in [5.74, 6) is -1.09. The minimum Gasteiger partial charge on any atom is -0.385 e. The number of hydrogen-bond acceptors (Lipinski definition) is 3. The monoisotopic (exact) mass is 281 g/mol. The number of nitrogens with one attached hydrogen (secondary N) is 3. The molecule has 1 aromatic carbocycles. The number of anilines is 1. The first-order valence-electron chi connectivity index (χ1n) is 6.30. The van der Waals surface area contributed by atoms with E-state index in [4.69, 9.17) is 0 Å². The average Bonchev–Trinajstić information content (AvgIpc) is 2.43. The molecule has 0 saturated heterocycles. The van der Waals surface area contributed by atoms with Gasteiger partial charge in [-0.15, -0.1) is 0 Å². The molecule has 0 radical (unpaired) electrons. The lowest BCUT2D eigenvalue weighted by Crippen LogP contribution is -2.43. The Hall–Kier alpha value is -2.11. The molecule has 20 heavy (non-hydrogen) atoms. The van der Waals surface area contributed by atoms with Gasteiger partial charge in [-0.25, -0.2) is 4.39 Å².